The van der Waals surface area contributed by atoms with Gasteiger partial charge in [0.05, 0.1) is 10.9 Å². The Kier molecular flexibility index (Phi) is 5.46. The fourth-order valence-corrected chi connectivity index (χ4v) is 2.96. The molecule has 0 aliphatic carbocycles. The number of aromatic amines is 1. The van der Waals surface area contributed by atoms with Crippen molar-refractivity contribution in [2.24, 2.45) is 0 Å². The van der Waals surface area contributed by atoms with Crippen LogP contribution in [0.1, 0.15) is 13.3 Å². The molecule has 0 bridgehead atoms. The van der Waals surface area contributed by atoms with Gasteiger partial charge in [0.2, 0.25) is 11.8 Å². The van der Waals surface area contributed by atoms with Crippen LogP contribution in [0.15, 0.2) is 53.3 Å². The number of carbonyl (C=O) groups is 2. The van der Waals surface area contributed by atoms with Crippen molar-refractivity contribution in [3.8, 4) is 0 Å². The highest BCUT2D eigenvalue weighted by Crippen LogP contribution is 2.14. The van der Waals surface area contributed by atoms with Gasteiger partial charge in [0.25, 0.3) is 5.56 Å². The number of para-hydroxylation sites is 1. The lowest BCUT2D eigenvalue weighted by atomic mass is 10.2. The minimum Gasteiger partial charge on any atom is -0.332 e. The number of aromatic nitrogens is 2. The number of amides is 2. The largest absolute Gasteiger partial charge is 0.332 e. The van der Waals surface area contributed by atoms with Crippen molar-refractivity contribution < 1.29 is 9.59 Å². The van der Waals surface area contributed by atoms with Crippen LogP contribution in [0.25, 0.3) is 10.9 Å². The number of hydrogen-bond acceptors (Lipinski definition) is 4. The van der Waals surface area contributed by atoms with Crippen LogP contribution in [0, 0.1) is 4.77 Å². The molecule has 0 aliphatic heterocycles. The SMILES string of the molecule is CC(=O)Nc1ccc(NC(=O)CCn2c(=S)[nH]c3ccccc3c2=O)cc1. The molecular formula is C19H18N4O3S. The maximum Gasteiger partial charge on any atom is 0.262 e. The molecule has 2 aromatic carbocycles. The van der Waals surface area contributed by atoms with Gasteiger partial charge in [-0.2, -0.15) is 0 Å². The van der Waals surface area contributed by atoms with E-state index in [-0.39, 0.29) is 35.1 Å². The molecule has 27 heavy (non-hydrogen) atoms. The first kappa shape index (κ1) is 18.5. The van der Waals surface area contributed by atoms with Crippen molar-refractivity contribution in [1.29, 1.82) is 0 Å². The van der Waals surface area contributed by atoms with Crippen LogP contribution in [0.3, 0.4) is 0 Å². The van der Waals surface area contributed by atoms with Crippen LogP contribution in [0.4, 0.5) is 11.4 Å². The Bertz CT molecular complexity index is 1120. The van der Waals surface area contributed by atoms with Gasteiger partial charge in [0.15, 0.2) is 4.77 Å². The van der Waals surface area contributed by atoms with Crippen LogP contribution in [0.5, 0.6) is 0 Å². The zero-order valence-electron chi connectivity index (χ0n) is 14.6. The van der Waals surface area contributed by atoms with Gasteiger partial charge < -0.3 is 15.6 Å². The first-order valence-electron chi connectivity index (χ1n) is 8.33. The number of anilines is 2. The van der Waals surface area contributed by atoms with Gasteiger partial charge in [-0.25, -0.2) is 0 Å². The summed E-state index contributed by atoms with van der Waals surface area (Å²) in [7, 11) is 0. The highest BCUT2D eigenvalue weighted by molar-refractivity contribution is 7.71. The molecule has 1 heterocycles. The first-order chi connectivity index (χ1) is 12.9. The zero-order valence-corrected chi connectivity index (χ0v) is 15.4. The summed E-state index contributed by atoms with van der Waals surface area (Å²) in [5.74, 6) is -0.402. The van der Waals surface area contributed by atoms with Gasteiger partial charge in [-0.3, -0.25) is 19.0 Å². The Balaban J connectivity index is 1.67. The molecule has 2 amide bonds. The summed E-state index contributed by atoms with van der Waals surface area (Å²) in [6.07, 6.45) is 0.100. The zero-order chi connectivity index (χ0) is 19.4. The van der Waals surface area contributed by atoms with E-state index in [1.165, 1.54) is 11.5 Å². The molecule has 3 rings (SSSR count). The molecule has 0 spiro atoms. The molecule has 0 unspecified atom stereocenters. The molecule has 8 heteroatoms. The summed E-state index contributed by atoms with van der Waals surface area (Å²) in [4.78, 5) is 38.8. The average Bonchev–Trinajstić information content (AvgIpc) is 2.63. The third-order valence-electron chi connectivity index (χ3n) is 3.94. The Morgan fingerprint density at radius 1 is 1.04 bits per heavy atom. The third kappa shape index (κ3) is 4.48. The summed E-state index contributed by atoms with van der Waals surface area (Å²) < 4.78 is 1.67. The topological polar surface area (TPSA) is 96.0 Å². The average molecular weight is 382 g/mol. The summed E-state index contributed by atoms with van der Waals surface area (Å²) in [6, 6.07) is 13.9. The lowest BCUT2D eigenvalue weighted by molar-refractivity contribution is -0.116. The first-order valence-corrected chi connectivity index (χ1v) is 8.74. The van der Waals surface area contributed by atoms with Gasteiger partial charge in [-0.15, -0.1) is 0 Å². The van der Waals surface area contributed by atoms with Crippen molar-refractivity contribution in [3.05, 3.63) is 63.7 Å². The fraction of sp³-hybridized carbons (Fsp3) is 0.158. The molecule has 138 valence electrons. The van der Waals surface area contributed by atoms with Crippen molar-refractivity contribution >= 4 is 46.3 Å². The number of fused-ring (bicyclic) bond motifs is 1. The highest BCUT2D eigenvalue weighted by atomic mass is 32.1. The normalized spacial score (nSPS) is 10.6. The van der Waals surface area contributed by atoms with Gasteiger partial charge >= 0.3 is 0 Å². The molecule has 0 saturated heterocycles. The van der Waals surface area contributed by atoms with E-state index >= 15 is 0 Å². The molecule has 3 N–H and O–H groups in total. The second-order valence-corrected chi connectivity index (χ2v) is 6.38. The summed E-state index contributed by atoms with van der Waals surface area (Å²) in [6.45, 7) is 1.60. The van der Waals surface area contributed by atoms with E-state index in [2.05, 4.69) is 15.6 Å². The predicted molar refractivity (Wildman–Crippen MR) is 107 cm³/mol. The summed E-state index contributed by atoms with van der Waals surface area (Å²) >= 11 is 5.24. The molecule has 3 aromatic rings. The second-order valence-electron chi connectivity index (χ2n) is 5.99. The monoisotopic (exact) mass is 382 g/mol. The molecule has 0 aliphatic rings. The van der Waals surface area contributed by atoms with Crippen LogP contribution < -0.4 is 16.2 Å². The maximum atomic E-state index is 12.6. The van der Waals surface area contributed by atoms with E-state index in [0.717, 1.165) is 0 Å². The van der Waals surface area contributed by atoms with E-state index in [9.17, 15) is 14.4 Å². The molecule has 0 radical (unpaired) electrons. The van der Waals surface area contributed by atoms with Crippen molar-refractivity contribution in [2.45, 2.75) is 19.9 Å². The van der Waals surface area contributed by atoms with E-state index in [4.69, 9.17) is 12.2 Å². The number of carbonyl (C=O) groups excluding carboxylic acids is 2. The highest BCUT2D eigenvalue weighted by Gasteiger charge is 2.08. The molecular weight excluding hydrogens is 364 g/mol. The number of H-pyrrole nitrogens is 1. The van der Waals surface area contributed by atoms with E-state index in [0.29, 0.717) is 22.3 Å². The van der Waals surface area contributed by atoms with E-state index in [1.54, 1.807) is 42.5 Å². The summed E-state index contributed by atoms with van der Waals surface area (Å²) in [5.41, 5.74) is 1.70. The fourth-order valence-electron chi connectivity index (χ4n) is 2.68. The quantitative estimate of drug-likeness (QED) is 0.591. The standard InChI is InChI=1S/C19H18N4O3S/c1-12(24)20-13-6-8-14(9-7-13)21-17(25)10-11-23-18(26)15-4-2-3-5-16(15)22-19(23)27/h2-9H,10-11H2,1H3,(H,20,24)(H,21,25)(H,22,27). The lowest BCUT2D eigenvalue weighted by Crippen LogP contribution is -2.25. The Morgan fingerprint density at radius 2 is 1.67 bits per heavy atom. The van der Waals surface area contributed by atoms with E-state index in [1.807, 2.05) is 6.07 Å². The van der Waals surface area contributed by atoms with Crippen LogP contribution in [-0.2, 0) is 16.1 Å². The van der Waals surface area contributed by atoms with E-state index < -0.39 is 0 Å². The minimum atomic E-state index is -0.239. The van der Waals surface area contributed by atoms with Gasteiger partial charge in [0, 0.05) is 31.3 Å². The number of nitrogens with one attached hydrogen (secondary N) is 3. The molecule has 7 nitrogen and oxygen atoms in total. The molecule has 0 saturated carbocycles. The number of hydrogen-bond donors (Lipinski definition) is 3. The number of nitrogens with zero attached hydrogens (tertiary/aromatic N) is 1. The van der Waals surface area contributed by atoms with Gasteiger partial charge in [-0.05, 0) is 48.6 Å². The number of benzene rings is 2. The maximum absolute atomic E-state index is 12.6. The van der Waals surface area contributed by atoms with Crippen molar-refractivity contribution in [3.63, 3.8) is 0 Å². The van der Waals surface area contributed by atoms with Crippen LogP contribution in [0.2, 0.25) is 0 Å². The Hall–Kier alpha value is -3.26. The lowest BCUT2D eigenvalue weighted by Gasteiger charge is -2.09. The molecule has 0 atom stereocenters. The predicted octanol–water partition coefficient (Wildman–Crippen LogP) is 3.05. The van der Waals surface area contributed by atoms with Gasteiger partial charge in [-0.1, -0.05) is 12.1 Å². The third-order valence-corrected chi connectivity index (χ3v) is 4.26. The Morgan fingerprint density at radius 3 is 2.33 bits per heavy atom. The molecule has 1 aromatic heterocycles. The smallest absolute Gasteiger partial charge is 0.262 e. The minimum absolute atomic E-state index is 0.100. The van der Waals surface area contributed by atoms with Crippen LogP contribution in [-0.4, -0.2) is 21.4 Å². The van der Waals surface area contributed by atoms with Crippen LogP contribution >= 0.6 is 12.2 Å². The number of rotatable bonds is 5. The van der Waals surface area contributed by atoms with Gasteiger partial charge in [0.1, 0.15) is 0 Å². The Labute approximate surface area is 160 Å². The summed E-state index contributed by atoms with van der Waals surface area (Å²) in [5, 5.41) is 5.94. The van der Waals surface area contributed by atoms with Crippen molar-refractivity contribution in [1.82, 2.24) is 9.55 Å². The second kappa shape index (κ2) is 7.96. The van der Waals surface area contributed by atoms with Crippen molar-refractivity contribution in [2.75, 3.05) is 10.6 Å². The molecule has 0 fully saturated rings.